The summed E-state index contributed by atoms with van der Waals surface area (Å²) in [6.07, 6.45) is 0. The molecule has 0 unspecified atom stereocenters. The molecule has 1 aliphatic rings. The fraction of sp³-hybridized carbons (Fsp3) is 0.0345. The van der Waals surface area contributed by atoms with Gasteiger partial charge in [0.2, 0.25) is 0 Å². The smallest absolute Gasteiger partial charge is 0.266 e. The van der Waals surface area contributed by atoms with Crippen LogP contribution in [0, 0.1) is 6.92 Å². The number of phenols is 2. The Morgan fingerprint density at radius 1 is 0.583 bits per heavy atom. The van der Waals surface area contributed by atoms with Crippen LogP contribution in [-0.4, -0.2) is 33.6 Å². The lowest BCUT2D eigenvalue weighted by atomic mass is 9.96. The molecule has 5 rings (SSSR count). The van der Waals surface area contributed by atoms with Crippen LogP contribution in [0.25, 0.3) is 0 Å². The second-order valence-electron chi connectivity index (χ2n) is 8.52. The van der Waals surface area contributed by atoms with Crippen molar-refractivity contribution in [1.29, 1.82) is 0 Å². The minimum absolute atomic E-state index is 0.00943. The first-order valence-electron chi connectivity index (χ1n) is 11.0. The van der Waals surface area contributed by atoms with E-state index in [1.165, 1.54) is 66.7 Å². The molecule has 0 saturated heterocycles. The summed E-state index contributed by atoms with van der Waals surface area (Å²) in [5.74, 6) is -2.02. The standard InChI is InChI=1S/C29H19NO6/c1-16-2-11-24-25(12-16)29(36)30(28(24)35)21-14-19(26(33)17-3-7-22(31)8-4-17)13-20(15-21)27(34)18-5-9-23(32)10-6-18/h2-15,31-32H,1H3. The van der Waals surface area contributed by atoms with E-state index in [9.17, 15) is 29.4 Å². The Hall–Kier alpha value is -5.04. The van der Waals surface area contributed by atoms with Crippen molar-refractivity contribution >= 4 is 29.1 Å². The van der Waals surface area contributed by atoms with Crippen LogP contribution in [0.1, 0.15) is 58.1 Å². The summed E-state index contributed by atoms with van der Waals surface area (Å²) in [7, 11) is 0. The summed E-state index contributed by atoms with van der Waals surface area (Å²) < 4.78 is 0. The van der Waals surface area contributed by atoms with Gasteiger partial charge < -0.3 is 10.2 Å². The van der Waals surface area contributed by atoms with Gasteiger partial charge in [-0.3, -0.25) is 19.2 Å². The van der Waals surface area contributed by atoms with Gasteiger partial charge >= 0.3 is 0 Å². The first kappa shape index (κ1) is 22.7. The molecule has 0 saturated carbocycles. The maximum atomic E-state index is 13.3. The van der Waals surface area contributed by atoms with E-state index < -0.39 is 23.4 Å². The number of nitrogens with zero attached hydrogens (tertiary/aromatic N) is 1. The monoisotopic (exact) mass is 477 g/mol. The van der Waals surface area contributed by atoms with Crippen LogP contribution in [0.4, 0.5) is 5.69 Å². The number of imide groups is 1. The van der Waals surface area contributed by atoms with E-state index in [4.69, 9.17) is 0 Å². The lowest BCUT2D eigenvalue weighted by Gasteiger charge is -2.17. The highest BCUT2D eigenvalue weighted by molar-refractivity contribution is 6.35. The number of anilines is 1. The van der Waals surface area contributed by atoms with Gasteiger partial charge in [0.05, 0.1) is 16.8 Å². The highest BCUT2D eigenvalue weighted by Gasteiger charge is 2.37. The van der Waals surface area contributed by atoms with Crippen molar-refractivity contribution in [3.63, 3.8) is 0 Å². The van der Waals surface area contributed by atoms with Crippen LogP contribution in [0.15, 0.2) is 84.9 Å². The van der Waals surface area contributed by atoms with Crippen molar-refractivity contribution in [2.75, 3.05) is 4.90 Å². The van der Waals surface area contributed by atoms with Gasteiger partial charge in [-0.25, -0.2) is 4.90 Å². The van der Waals surface area contributed by atoms with E-state index in [0.717, 1.165) is 10.5 Å². The predicted molar refractivity (Wildman–Crippen MR) is 132 cm³/mol. The number of hydrogen-bond donors (Lipinski definition) is 2. The Bertz CT molecular complexity index is 1490. The third-order valence-corrected chi connectivity index (χ3v) is 6.00. The Kier molecular flexibility index (Phi) is 5.45. The molecule has 0 radical (unpaired) electrons. The number of carbonyl (C=O) groups excluding carboxylic acids is 4. The summed E-state index contributed by atoms with van der Waals surface area (Å²) in [5, 5.41) is 19.1. The zero-order valence-electron chi connectivity index (χ0n) is 19.1. The van der Waals surface area contributed by atoms with E-state index in [2.05, 4.69) is 0 Å². The van der Waals surface area contributed by atoms with E-state index in [-0.39, 0.29) is 50.6 Å². The number of carbonyl (C=O) groups is 4. The number of amides is 2. The average molecular weight is 477 g/mol. The number of hydrogen-bond acceptors (Lipinski definition) is 6. The predicted octanol–water partition coefficient (Wildman–Crippen LogP) is 4.67. The van der Waals surface area contributed by atoms with Crippen molar-refractivity contribution in [1.82, 2.24) is 0 Å². The van der Waals surface area contributed by atoms with Gasteiger partial charge in [-0.05, 0) is 85.8 Å². The summed E-state index contributed by atoms with van der Waals surface area (Å²) in [6, 6.07) is 20.4. The number of fused-ring (bicyclic) bond motifs is 1. The van der Waals surface area contributed by atoms with Gasteiger partial charge in [0.15, 0.2) is 11.6 Å². The summed E-state index contributed by atoms with van der Waals surface area (Å²) in [4.78, 5) is 53.9. The highest BCUT2D eigenvalue weighted by atomic mass is 16.3. The average Bonchev–Trinajstić information content (AvgIpc) is 3.12. The molecule has 0 bridgehead atoms. The summed E-state index contributed by atoms with van der Waals surface area (Å²) >= 11 is 0. The molecule has 7 nitrogen and oxygen atoms in total. The molecule has 36 heavy (non-hydrogen) atoms. The Morgan fingerprint density at radius 2 is 1.06 bits per heavy atom. The minimum atomic E-state index is -0.549. The summed E-state index contributed by atoms with van der Waals surface area (Å²) in [5.41, 5.74) is 2.09. The molecule has 4 aromatic carbocycles. The molecule has 0 atom stereocenters. The van der Waals surface area contributed by atoms with Crippen LogP contribution in [0.5, 0.6) is 11.5 Å². The third kappa shape index (κ3) is 3.92. The maximum Gasteiger partial charge on any atom is 0.266 e. The number of aromatic hydroxyl groups is 2. The Labute approximate surface area is 205 Å². The first-order chi connectivity index (χ1) is 17.2. The van der Waals surface area contributed by atoms with Gasteiger partial charge in [-0.1, -0.05) is 11.6 Å². The molecule has 4 aromatic rings. The van der Waals surface area contributed by atoms with E-state index >= 15 is 0 Å². The maximum absolute atomic E-state index is 13.3. The van der Waals surface area contributed by atoms with Crippen molar-refractivity contribution in [3.05, 3.63) is 124 Å². The van der Waals surface area contributed by atoms with Gasteiger partial charge in [-0.2, -0.15) is 0 Å². The molecule has 1 heterocycles. The molecule has 1 aliphatic heterocycles. The number of rotatable bonds is 5. The van der Waals surface area contributed by atoms with Crippen molar-refractivity contribution in [2.24, 2.45) is 0 Å². The van der Waals surface area contributed by atoms with Gasteiger partial charge in [0, 0.05) is 22.3 Å². The van der Waals surface area contributed by atoms with Crippen LogP contribution >= 0.6 is 0 Å². The second-order valence-corrected chi connectivity index (χ2v) is 8.52. The van der Waals surface area contributed by atoms with Crippen molar-refractivity contribution in [2.45, 2.75) is 6.92 Å². The van der Waals surface area contributed by atoms with Crippen LogP contribution < -0.4 is 4.90 Å². The largest absolute Gasteiger partial charge is 0.508 e. The highest BCUT2D eigenvalue weighted by Crippen LogP contribution is 2.32. The first-order valence-corrected chi connectivity index (χ1v) is 11.0. The molecule has 0 fully saturated rings. The molecule has 176 valence electrons. The molecular formula is C29H19NO6. The van der Waals surface area contributed by atoms with Gasteiger partial charge in [-0.15, -0.1) is 0 Å². The van der Waals surface area contributed by atoms with Gasteiger partial charge in [0.1, 0.15) is 11.5 Å². The molecule has 7 heteroatoms. The van der Waals surface area contributed by atoms with Crippen molar-refractivity contribution < 1.29 is 29.4 Å². The number of phenolic OH excluding ortho intramolecular Hbond substituents is 2. The molecule has 2 N–H and O–H groups in total. The quantitative estimate of drug-likeness (QED) is 0.319. The number of ketones is 2. The topological polar surface area (TPSA) is 112 Å². The number of benzene rings is 4. The molecule has 2 amide bonds. The SMILES string of the molecule is Cc1ccc2c(c1)C(=O)N(c1cc(C(=O)c3ccc(O)cc3)cc(C(=O)c3ccc(O)cc3)c1)C2=O. The molecule has 0 aliphatic carbocycles. The molecule has 0 spiro atoms. The minimum Gasteiger partial charge on any atom is -0.508 e. The fourth-order valence-corrected chi connectivity index (χ4v) is 4.15. The zero-order valence-corrected chi connectivity index (χ0v) is 19.1. The van der Waals surface area contributed by atoms with Crippen LogP contribution in [0.3, 0.4) is 0 Å². The third-order valence-electron chi connectivity index (χ3n) is 6.00. The summed E-state index contributed by atoms with van der Waals surface area (Å²) in [6.45, 7) is 1.81. The van der Waals surface area contributed by atoms with Crippen LogP contribution in [-0.2, 0) is 0 Å². The molecule has 0 aromatic heterocycles. The lowest BCUT2D eigenvalue weighted by molar-refractivity contribution is 0.0922. The number of aryl methyl sites for hydroxylation is 1. The lowest BCUT2D eigenvalue weighted by Crippen LogP contribution is -2.30. The fourth-order valence-electron chi connectivity index (χ4n) is 4.15. The zero-order chi connectivity index (χ0) is 25.6. The van der Waals surface area contributed by atoms with E-state index in [1.807, 2.05) is 6.92 Å². The Balaban J connectivity index is 1.64. The van der Waals surface area contributed by atoms with Crippen LogP contribution in [0.2, 0.25) is 0 Å². The second kappa shape index (κ2) is 8.63. The normalized spacial score (nSPS) is 12.5. The van der Waals surface area contributed by atoms with Crippen molar-refractivity contribution in [3.8, 4) is 11.5 Å². The molecular weight excluding hydrogens is 458 g/mol. The van der Waals surface area contributed by atoms with E-state index in [0.29, 0.717) is 0 Å². The van der Waals surface area contributed by atoms with E-state index in [1.54, 1.807) is 18.2 Å². The Morgan fingerprint density at radius 3 is 1.56 bits per heavy atom. The van der Waals surface area contributed by atoms with Gasteiger partial charge in [0.25, 0.3) is 11.8 Å².